The van der Waals surface area contributed by atoms with E-state index >= 15 is 0 Å². The number of nitrogens with one attached hydrogen (secondary N) is 3. The van der Waals surface area contributed by atoms with Crippen molar-refractivity contribution in [1.29, 1.82) is 0 Å². The predicted molar refractivity (Wildman–Crippen MR) is 89.4 cm³/mol. The van der Waals surface area contributed by atoms with Crippen LogP contribution in [0.2, 0.25) is 0 Å². The summed E-state index contributed by atoms with van der Waals surface area (Å²) in [7, 11) is 0. The maximum absolute atomic E-state index is 12.2. The number of aromatic nitrogens is 4. The van der Waals surface area contributed by atoms with E-state index in [2.05, 4.69) is 58.4 Å². The third kappa shape index (κ3) is 3.41. The summed E-state index contributed by atoms with van der Waals surface area (Å²) in [6.45, 7) is 7.05. The van der Waals surface area contributed by atoms with Crippen LogP contribution < -0.4 is 5.32 Å². The molecule has 0 saturated heterocycles. The van der Waals surface area contributed by atoms with Crippen molar-refractivity contribution in [2.45, 2.75) is 32.6 Å². The lowest BCUT2D eigenvalue weighted by Gasteiger charge is -2.18. The minimum Gasteiger partial charge on any atom is -0.351 e. The van der Waals surface area contributed by atoms with Gasteiger partial charge in [0.2, 0.25) is 0 Å². The first-order chi connectivity index (χ1) is 10.9. The molecule has 3 rings (SSSR count). The van der Waals surface area contributed by atoms with E-state index in [0.717, 1.165) is 16.7 Å². The van der Waals surface area contributed by atoms with Gasteiger partial charge in [0.05, 0.1) is 0 Å². The van der Waals surface area contributed by atoms with Gasteiger partial charge in [0.1, 0.15) is 17.8 Å². The first-order valence-corrected chi connectivity index (χ1v) is 7.69. The minimum atomic E-state index is -0.113. The molecule has 120 valence electrons. The van der Waals surface area contributed by atoms with Crippen LogP contribution in [0.1, 0.15) is 42.6 Å². The van der Waals surface area contributed by atoms with Gasteiger partial charge in [0.15, 0.2) is 0 Å². The summed E-state index contributed by atoms with van der Waals surface area (Å²) in [5.41, 5.74) is 2.88. The third-order valence-corrected chi connectivity index (χ3v) is 3.84. The Labute approximate surface area is 134 Å². The molecule has 3 aromatic rings. The number of rotatable bonds is 4. The molecule has 0 aliphatic rings. The second kappa shape index (κ2) is 5.87. The normalized spacial score (nSPS) is 11.8. The Balaban J connectivity index is 1.70. The Morgan fingerprint density at radius 1 is 1.26 bits per heavy atom. The SMILES string of the molecule is CC(C)(C)c1ccc2[nH]c(C(=O)NCCc3ncn[nH]3)cc2c1. The average molecular weight is 311 g/mol. The van der Waals surface area contributed by atoms with E-state index in [1.165, 1.54) is 11.9 Å². The van der Waals surface area contributed by atoms with Gasteiger partial charge in [-0.05, 0) is 29.2 Å². The third-order valence-electron chi connectivity index (χ3n) is 3.84. The molecule has 3 N–H and O–H groups in total. The van der Waals surface area contributed by atoms with Gasteiger partial charge in [-0.1, -0.05) is 26.8 Å². The quantitative estimate of drug-likeness (QED) is 0.692. The van der Waals surface area contributed by atoms with Gasteiger partial charge in [-0.25, -0.2) is 4.98 Å². The molecule has 0 aliphatic heterocycles. The Bertz CT molecular complexity index is 811. The maximum Gasteiger partial charge on any atom is 0.267 e. The van der Waals surface area contributed by atoms with Gasteiger partial charge in [0, 0.05) is 23.9 Å². The molecule has 0 aliphatic carbocycles. The highest BCUT2D eigenvalue weighted by molar-refractivity contribution is 5.98. The number of benzene rings is 1. The van der Waals surface area contributed by atoms with Crippen molar-refractivity contribution >= 4 is 16.8 Å². The lowest BCUT2D eigenvalue weighted by molar-refractivity contribution is 0.0950. The maximum atomic E-state index is 12.2. The van der Waals surface area contributed by atoms with Crippen molar-refractivity contribution in [2.75, 3.05) is 6.54 Å². The highest BCUT2D eigenvalue weighted by Crippen LogP contribution is 2.26. The highest BCUT2D eigenvalue weighted by Gasteiger charge is 2.15. The molecule has 23 heavy (non-hydrogen) atoms. The van der Waals surface area contributed by atoms with Crippen molar-refractivity contribution in [3.05, 3.63) is 47.7 Å². The molecule has 1 aromatic carbocycles. The number of amides is 1. The van der Waals surface area contributed by atoms with Crippen molar-refractivity contribution in [3.8, 4) is 0 Å². The summed E-state index contributed by atoms with van der Waals surface area (Å²) in [6.07, 6.45) is 2.09. The Morgan fingerprint density at radius 2 is 2.09 bits per heavy atom. The van der Waals surface area contributed by atoms with Crippen LogP contribution in [0, 0.1) is 0 Å². The largest absolute Gasteiger partial charge is 0.351 e. The minimum absolute atomic E-state index is 0.0883. The van der Waals surface area contributed by atoms with E-state index in [-0.39, 0.29) is 11.3 Å². The second-order valence-electron chi connectivity index (χ2n) is 6.67. The molecule has 6 nitrogen and oxygen atoms in total. The predicted octanol–water partition coefficient (Wildman–Crippen LogP) is 2.56. The first-order valence-electron chi connectivity index (χ1n) is 7.69. The molecule has 0 saturated carbocycles. The van der Waals surface area contributed by atoms with Crippen molar-refractivity contribution in [3.63, 3.8) is 0 Å². The molecule has 0 radical (unpaired) electrons. The Kier molecular flexibility index (Phi) is 3.90. The van der Waals surface area contributed by atoms with Gasteiger partial charge in [-0.2, -0.15) is 5.10 Å². The molecule has 1 amide bonds. The van der Waals surface area contributed by atoms with Crippen LogP contribution in [0.25, 0.3) is 10.9 Å². The van der Waals surface area contributed by atoms with Crippen LogP contribution in [-0.2, 0) is 11.8 Å². The van der Waals surface area contributed by atoms with Crippen LogP contribution in [0.4, 0.5) is 0 Å². The summed E-state index contributed by atoms with van der Waals surface area (Å²) in [5.74, 6) is 0.648. The van der Waals surface area contributed by atoms with Crippen LogP contribution in [0.3, 0.4) is 0 Å². The van der Waals surface area contributed by atoms with Crippen molar-refractivity contribution in [1.82, 2.24) is 25.5 Å². The number of hydrogen-bond donors (Lipinski definition) is 3. The van der Waals surface area contributed by atoms with Crippen LogP contribution >= 0.6 is 0 Å². The van der Waals surface area contributed by atoms with Gasteiger partial charge < -0.3 is 10.3 Å². The van der Waals surface area contributed by atoms with Gasteiger partial charge in [-0.15, -0.1) is 0 Å². The highest BCUT2D eigenvalue weighted by atomic mass is 16.1. The van der Waals surface area contributed by atoms with E-state index < -0.39 is 0 Å². The van der Waals surface area contributed by atoms with Crippen LogP contribution in [0.15, 0.2) is 30.6 Å². The lowest BCUT2D eigenvalue weighted by Crippen LogP contribution is -2.26. The number of fused-ring (bicyclic) bond motifs is 1. The van der Waals surface area contributed by atoms with Gasteiger partial charge >= 0.3 is 0 Å². The number of aromatic amines is 2. The molecule has 0 bridgehead atoms. The Hall–Kier alpha value is -2.63. The molecule has 2 aromatic heterocycles. The summed E-state index contributed by atoms with van der Waals surface area (Å²) < 4.78 is 0. The van der Waals surface area contributed by atoms with Crippen LogP contribution in [-0.4, -0.2) is 32.6 Å². The van der Waals surface area contributed by atoms with E-state index in [1.54, 1.807) is 0 Å². The monoisotopic (exact) mass is 311 g/mol. The fourth-order valence-corrected chi connectivity index (χ4v) is 2.46. The molecule has 6 heteroatoms. The number of carbonyl (C=O) groups is 1. The zero-order valence-electron chi connectivity index (χ0n) is 13.6. The van der Waals surface area contributed by atoms with Crippen LogP contribution in [0.5, 0.6) is 0 Å². The summed E-state index contributed by atoms with van der Waals surface area (Å²) >= 11 is 0. The van der Waals surface area contributed by atoms with E-state index in [9.17, 15) is 4.79 Å². The lowest BCUT2D eigenvalue weighted by atomic mass is 9.86. The molecular weight excluding hydrogens is 290 g/mol. The smallest absolute Gasteiger partial charge is 0.267 e. The topological polar surface area (TPSA) is 86.5 Å². The summed E-state index contributed by atoms with van der Waals surface area (Å²) in [6, 6.07) is 8.16. The van der Waals surface area contributed by atoms with Crippen molar-refractivity contribution in [2.24, 2.45) is 0 Å². The van der Waals surface area contributed by atoms with Gasteiger partial charge in [-0.3, -0.25) is 9.89 Å². The summed E-state index contributed by atoms with van der Waals surface area (Å²) in [4.78, 5) is 19.4. The number of nitrogens with zero attached hydrogens (tertiary/aromatic N) is 2. The zero-order chi connectivity index (χ0) is 16.4. The fraction of sp³-hybridized carbons (Fsp3) is 0.353. The Morgan fingerprint density at radius 3 is 2.78 bits per heavy atom. The van der Waals surface area contributed by atoms with E-state index in [4.69, 9.17) is 0 Å². The molecular formula is C17H21N5O. The second-order valence-corrected chi connectivity index (χ2v) is 6.67. The van der Waals surface area contributed by atoms with Gasteiger partial charge in [0.25, 0.3) is 5.91 Å². The number of hydrogen-bond acceptors (Lipinski definition) is 3. The molecule has 0 spiro atoms. The number of H-pyrrole nitrogens is 2. The van der Waals surface area contributed by atoms with E-state index in [1.807, 2.05) is 12.1 Å². The molecule has 0 atom stereocenters. The standard InChI is InChI=1S/C17H21N5O/c1-17(2,3)12-4-5-13-11(8-12)9-14(21-13)16(23)18-7-6-15-19-10-20-22-15/h4-5,8-10,21H,6-7H2,1-3H3,(H,18,23)(H,19,20,22). The molecule has 2 heterocycles. The number of carbonyl (C=O) groups excluding carboxylic acids is 1. The first kappa shape index (κ1) is 15.3. The fourth-order valence-electron chi connectivity index (χ4n) is 2.46. The molecule has 0 unspecified atom stereocenters. The van der Waals surface area contributed by atoms with E-state index in [0.29, 0.717) is 18.7 Å². The molecule has 0 fully saturated rings. The summed E-state index contributed by atoms with van der Waals surface area (Å²) in [5, 5.41) is 10.5. The van der Waals surface area contributed by atoms with Crippen molar-refractivity contribution < 1.29 is 4.79 Å². The average Bonchev–Trinajstić information content (AvgIpc) is 3.14. The zero-order valence-corrected chi connectivity index (χ0v) is 13.6.